The molecule has 0 bridgehead atoms. The monoisotopic (exact) mass is 180 g/mol. The molecule has 0 spiro atoms. The van der Waals surface area contributed by atoms with Crippen LogP contribution in [0, 0.1) is 0 Å². The van der Waals surface area contributed by atoms with E-state index in [1.165, 1.54) is 0 Å². The number of alkyl halides is 3. The summed E-state index contributed by atoms with van der Waals surface area (Å²) in [6.45, 7) is 0. The van der Waals surface area contributed by atoms with E-state index >= 15 is 0 Å². The highest BCUT2D eigenvalue weighted by molar-refractivity contribution is 5.83. The van der Waals surface area contributed by atoms with Crippen molar-refractivity contribution in [2.45, 2.75) is 6.30 Å². The van der Waals surface area contributed by atoms with Gasteiger partial charge in [-0.3, -0.25) is 0 Å². The fourth-order valence-corrected chi connectivity index (χ4v) is 0.666. The number of nitrogens with zero attached hydrogens (tertiary/aromatic N) is 2. The molecular weight excluding hydrogens is 177 g/mol. The maximum atomic E-state index is 11.9. The van der Waals surface area contributed by atoms with Crippen LogP contribution >= 0.6 is 0 Å². The topological polar surface area (TPSA) is 55.1 Å². The fraction of sp³-hybridized carbons (Fsp3) is 0.200. The average molecular weight is 180 g/mol. The third-order valence-corrected chi connectivity index (χ3v) is 1.11. The van der Waals surface area contributed by atoms with Gasteiger partial charge < -0.3 is 5.11 Å². The Bertz CT molecular complexity index is 304. The van der Waals surface area contributed by atoms with Crippen LogP contribution in [0.5, 0.6) is 0 Å². The summed E-state index contributed by atoms with van der Waals surface area (Å²) in [4.78, 5) is 13.2. The lowest BCUT2D eigenvalue weighted by Gasteiger charge is -2.07. The van der Waals surface area contributed by atoms with Gasteiger partial charge in [-0.2, -0.15) is 0 Å². The molecule has 0 aliphatic rings. The molecule has 0 unspecified atom stereocenters. The second-order valence-electron chi connectivity index (χ2n) is 1.89. The van der Waals surface area contributed by atoms with Gasteiger partial charge in [-0.25, -0.2) is 14.3 Å². The number of rotatable bonds is 1. The molecule has 0 atom stereocenters. The molecule has 0 fully saturated rings. The number of imidazole rings is 1. The van der Waals surface area contributed by atoms with Crippen molar-refractivity contribution < 1.29 is 23.1 Å². The summed E-state index contributed by atoms with van der Waals surface area (Å²) in [7, 11) is 0. The summed E-state index contributed by atoms with van der Waals surface area (Å²) in [5, 5.41) is 8.23. The molecule has 1 heterocycles. The van der Waals surface area contributed by atoms with Crippen LogP contribution in [0.25, 0.3) is 0 Å². The Morgan fingerprint density at radius 1 is 1.58 bits per heavy atom. The van der Waals surface area contributed by atoms with Gasteiger partial charge in [0.05, 0.1) is 0 Å². The zero-order valence-corrected chi connectivity index (χ0v) is 5.54. The van der Waals surface area contributed by atoms with Crippen molar-refractivity contribution in [2.24, 2.45) is 0 Å². The molecule has 12 heavy (non-hydrogen) atoms. The molecule has 0 amide bonds. The second-order valence-corrected chi connectivity index (χ2v) is 1.89. The average Bonchev–Trinajstić information content (AvgIpc) is 2.30. The van der Waals surface area contributed by atoms with Crippen LogP contribution < -0.4 is 0 Å². The first-order valence-corrected chi connectivity index (χ1v) is 2.77. The van der Waals surface area contributed by atoms with E-state index in [2.05, 4.69) is 4.98 Å². The van der Waals surface area contributed by atoms with Crippen molar-refractivity contribution in [3.05, 3.63) is 18.2 Å². The summed E-state index contributed by atoms with van der Waals surface area (Å²) in [5.41, 5.74) is 0. The van der Waals surface area contributed by atoms with Crippen molar-refractivity contribution >= 4 is 5.97 Å². The normalized spacial score (nSPS) is 11.6. The lowest BCUT2D eigenvalue weighted by Crippen LogP contribution is -2.21. The van der Waals surface area contributed by atoms with Gasteiger partial charge in [0.1, 0.15) is 0 Å². The van der Waals surface area contributed by atoms with Crippen molar-refractivity contribution in [3.8, 4) is 0 Å². The number of hydrogen-bond donors (Lipinski definition) is 1. The van der Waals surface area contributed by atoms with Gasteiger partial charge in [-0.1, -0.05) is 0 Å². The SMILES string of the molecule is O=C(O)c1nccn1C(F)(F)F. The smallest absolute Gasteiger partial charge is 0.475 e. The second kappa shape index (κ2) is 2.50. The Morgan fingerprint density at radius 2 is 2.17 bits per heavy atom. The predicted octanol–water partition coefficient (Wildman–Crippen LogP) is 1.06. The maximum Gasteiger partial charge on any atom is 0.490 e. The van der Waals surface area contributed by atoms with Crippen LogP contribution in [0.4, 0.5) is 13.2 Å². The molecule has 66 valence electrons. The van der Waals surface area contributed by atoms with Gasteiger partial charge in [0.15, 0.2) is 0 Å². The van der Waals surface area contributed by atoms with Crippen LogP contribution in [0.3, 0.4) is 0 Å². The molecule has 0 aromatic carbocycles. The number of carbonyl (C=O) groups is 1. The number of carboxylic acid groups (broad SMARTS) is 1. The summed E-state index contributed by atoms with van der Waals surface area (Å²) in [6, 6.07) is 0. The first-order valence-electron chi connectivity index (χ1n) is 2.77. The van der Waals surface area contributed by atoms with Crippen LogP contribution in [0.2, 0.25) is 0 Å². The van der Waals surface area contributed by atoms with Crippen LogP contribution in [-0.2, 0) is 6.30 Å². The number of hydrogen-bond acceptors (Lipinski definition) is 2. The highest BCUT2D eigenvalue weighted by Gasteiger charge is 2.34. The molecule has 4 nitrogen and oxygen atoms in total. The van der Waals surface area contributed by atoms with E-state index < -0.39 is 18.1 Å². The number of halogens is 3. The van der Waals surface area contributed by atoms with Gasteiger partial charge in [0, 0.05) is 12.4 Å². The van der Waals surface area contributed by atoms with Crippen LogP contribution in [0.15, 0.2) is 12.4 Å². The Morgan fingerprint density at radius 3 is 2.50 bits per heavy atom. The van der Waals surface area contributed by atoms with E-state index in [4.69, 9.17) is 5.11 Å². The van der Waals surface area contributed by atoms with Crippen molar-refractivity contribution in [1.29, 1.82) is 0 Å². The van der Waals surface area contributed by atoms with E-state index in [9.17, 15) is 18.0 Å². The van der Waals surface area contributed by atoms with Crippen molar-refractivity contribution in [2.75, 3.05) is 0 Å². The lowest BCUT2D eigenvalue weighted by molar-refractivity contribution is -0.205. The van der Waals surface area contributed by atoms with Gasteiger partial charge in [-0.05, 0) is 0 Å². The van der Waals surface area contributed by atoms with Crippen LogP contribution in [-0.4, -0.2) is 20.6 Å². The van der Waals surface area contributed by atoms with Gasteiger partial charge in [0.2, 0.25) is 5.82 Å². The third kappa shape index (κ3) is 1.39. The largest absolute Gasteiger partial charge is 0.490 e. The number of carboxylic acids is 1. The van der Waals surface area contributed by atoms with Crippen molar-refractivity contribution in [3.63, 3.8) is 0 Å². The Hall–Kier alpha value is -1.53. The maximum absolute atomic E-state index is 11.9. The molecule has 0 radical (unpaired) electrons. The Kier molecular flexibility index (Phi) is 1.79. The van der Waals surface area contributed by atoms with Crippen LogP contribution in [0.1, 0.15) is 10.6 Å². The lowest BCUT2D eigenvalue weighted by atomic mass is 10.6. The molecule has 0 saturated carbocycles. The molecule has 0 saturated heterocycles. The summed E-state index contributed by atoms with van der Waals surface area (Å²) >= 11 is 0. The molecule has 0 aliphatic heterocycles. The number of aromatic carboxylic acids is 1. The standard InChI is InChI=1S/C5H3F3N2O2/c6-5(7,8)10-2-1-9-3(10)4(11)12/h1-2H,(H,11,12). The first-order chi connectivity index (χ1) is 5.43. The van der Waals surface area contributed by atoms with E-state index in [0.717, 1.165) is 6.20 Å². The highest BCUT2D eigenvalue weighted by Crippen LogP contribution is 2.23. The van der Waals surface area contributed by atoms with E-state index in [1.54, 1.807) is 0 Å². The minimum Gasteiger partial charge on any atom is -0.475 e. The zero-order valence-electron chi connectivity index (χ0n) is 5.54. The quantitative estimate of drug-likeness (QED) is 0.702. The van der Waals surface area contributed by atoms with Gasteiger partial charge >= 0.3 is 12.3 Å². The molecule has 1 aromatic heterocycles. The molecule has 7 heteroatoms. The molecule has 1 rings (SSSR count). The molecule has 1 N–H and O–H groups in total. The fourth-order valence-electron chi connectivity index (χ4n) is 0.666. The zero-order chi connectivity index (χ0) is 9.35. The van der Waals surface area contributed by atoms with E-state index in [-0.39, 0.29) is 4.57 Å². The Labute approximate surface area is 64.3 Å². The van der Waals surface area contributed by atoms with Crippen molar-refractivity contribution in [1.82, 2.24) is 9.55 Å². The summed E-state index contributed by atoms with van der Waals surface area (Å²) < 4.78 is 35.3. The van der Waals surface area contributed by atoms with E-state index in [0.29, 0.717) is 6.20 Å². The molecule has 0 aliphatic carbocycles. The highest BCUT2D eigenvalue weighted by atomic mass is 19.4. The molecule has 1 aromatic rings. The summed E-state index contributed by atoms with van der Waals surface area (Å²) in [6.07, 6.45) is -3.41. The third-order valence-electron chi connectivity index (χ3n) is 1.11. The minimum absolute atomic E-state index is 0.366. The predicted molar refractivity (Wildman–Crippen MR) is 30.5 cm³/mol. The summed E-state index contributed by atoms with van der Waals surface area (Å²) in [5.74, 6) is -2.75. The number of aromatic nitrogens is 2. The van der Waals surface area contributed by atoms with Gasteiger partial charge in [0.25, 0.3) is 0 Å². The Balaban J connectivity index is 3.17. The first kappa shape index (κ1) is 8.57. The van der Waals surface area contributed by atoms with E-state index in [1.807, 2.05) is 0 Å². The molecular formula is C5H3F3N2O2. The van der Waals surface area contributed by atoms with Gasteiger partial charge in [-0.15, -0.1) is 13.2 Å². The minimum atomic E-state index is -4.73.